The summed E-state index contributed by atoms with van der Waals surface area (Å²) in [6.07, 6.45) is 1.54. The predicted octanol–water partition coefficient (Wildman–Crippen LogP) is 0.945. The molecule has 2 N–H and O–H groups in total. The molecule has 1 aromatic heterocycles. The van der Waals surface area contributed by atoms with Crippen LogP contribution in [0.3, 0.4) is 0 Å². The Morgan fingerprint density at radius 3 is 2.88 bits per heavy atom. The molecule has 0 spiro atoms. The Morgan fingerprint density at radius 1 is 1.47 bits per heavy atom. The molecular formula is C10H17NO4S2. The van der Waals surface area contributed by atoms with Crippen LogP contribution >= 0.6 is 11.3 Å². The van der Waals surface area contributed by atoms with E-state index < -0.39 is 10.0 Å². The lowest BCUT2D eigenvalue weighted by atomic mass is 10.3. The zero-order valence-corrected chi connectivity index (χ0v) is 11.3. The van der Waals surface area contributed by atoms with Crippen molar-refractivity contribution in [2.75, 3.05) is 20.3 Å². The van der Waals surface area contributed by atoms with Gasteiger partial charge in [-0.25, -0.2) is 13.1 Å². The van der Waals surface area contributed by atoms with Gasteiger partial charge in [0, 0.05) is 25.1 Å². The topological polar surface area (TPSA) is 75.6 Å². The van der Waals surface area contributed by atoms with E-state index in [0.717, 1.165) is 12.8 Å². The zero-order chi connectivity index (χ0) is 12.7. The summed E-state index contributed by atoms with van der Waals surface area (Å²) in [5, 5.41) is 10.7. The van der Waals surface area contributed by atoms with Crippen LogP contribution in [-0.4, -0.2) is 33.8 Å². The van der Waals surface area contributed by atoms with E-state index in [2.05, 4.69) is 4.72 Å². The summed E-state index contributed by atoms with van der Waals surface area (Å²) in [4.78, 5) is 0.645. The molecule has 1 heterocycles. The molecule has 0 aliphatic rings. The number of nitrogens with one attached hydrogen (secondary N) is 1. The van der Waals surface area contributed by atoms with Crippen LogP contribution in [0.5, 0.6) is 0 Å². The molecule has 0 aliphatic heterocycles. The number of hydrogen-bond acceptors (Lipinski definition) is 5. The fraction of sp³-hybridized carbons (Fsp3) is 0.600. The van der Waals surface area contributed by atoms with Crippen LogP contribution in [-0.2, 0) is 21.4 Å². The SMILES string of the molecule is COCCCCNS(=O)(=O)c1ccsc1CO. The van der Waals surface area contributed by atoms with E-state index in [1.165, 1.54) is 17.4 Å². The van der Waals surface area contributed by atoms with Crippen molar-refractivity contribution in [2.45, 2.75) is 24.3 Å². The highest BCUT2D eigenvalue weighted by molar-refractivity contribution is 7.89. The normalized spacial score (nSPS) is 11.9. The number of aliphatic hydroxyl groups is 1. The third-order valence-electron chi connectivity index (χ3n) is 2.20. The van der Waals surface area contributed by atoms with Crippen molar-refractivity contribution in [2.24, 2.45) is 0 Å². The van der Waals surface area contributed by atoms with Crippen molar-refractivity contribution in [3.63, 3.8) is 0 Å². The van der Waals surface area contributed by atoms with Crippen molar-refractivity contribution in [1.29, 1.82) is 0 Å². The number of aliphatic hydroxyl groups excluding tert-OH is 1. The predicted molar refractivity (Wildman–Crippen MR) is 66.5 cm³/mol. The number of thiophene rings is 1. The number of ether oxygens (including phenoxy) is 1. The van der Waals surface area contributed by atoms with Crippen molar-refractivity contribution in [1.82, 2.24) is 4.72 Å². The molecule has 0 atom stereocenters. The summed E-state index contributed by atoms with van der Waals surface area (Å²) >= 11 is 1.23. The van der Waals surface area contributed by atoms with Gasteiger partial charge in [0.15, 0.2) is 0 Å². The summed E-state index contributed by atoms with van der Waals surface area (Å²) in [5.41, 5.74) is 0. The lowest BCUT2D eigenvalue weighted by molar-refractivity contribution is 0.193. The van der Waals surface area contributed by atoms with Crippen molar-refractivity contribution in [3.05, 3.63) is 16.3 Å². The summed E-state index contributed by atoms with van der Waals surface area (Å²) in [7, 11) is -1.87. The Hall–Kier alpha value is -0.470. The molecule has 1 aromatic rings. The van der Waals surface area contributed by atoms with Gasteiger partial charge in [0.1, 0.15) is 0 Å². The van der Waals surface area contributed by atoms with Crippen LogP contribution in [0, 0.1) is 0 Å². The molecule has 0 saturated carbocycles. The molecule has 0 radical (unpaired) electrons. The van der Waals surface area contributed by atoms with E-state index in [4.69, 9.17) is 9.84 Å². The van der Waals surface area contributed by atoms with Gasteiger partial charge in [-0.15, -0.1) is 11.3 Å². The van der Waals surface area contributed by atoms with Crippen LogP contribution in [0.2, 0.25) is 0 Å². The molecule has 7 heteroatoms. The average Bonchev–Trinajstić information content (AvgIpc) is 2.77. The largest absolute Gasteiger partial charge is 0.391 e. The van der Waals surface area contributed by atoms with E-state index in [1.54, 1.807) is 12.5 Å². The zero-order valence-electron chi connectivity index (χ0n) is 9.68. The first-order valence-corrected chi connectivity index (χ1v) is 7.64. The molecule has 0 bridgehead atoms. The molecule has 0 aliphatic carbocycles. The summed E-state index contributed by atoms with van der Waals surface area (Å²) in [6, 6.07) is 1.51. The Kier molecular flexibility index (Phi) is 6.07. The lowest BCUT2D eigenvalue weighted by Crippen LogP contribution is -2.25. The standard InChI is InChI=1S/C10H17NO4S2/c1-15-6-3-2-5-11-17(13,14)10-4-7-16-9(10)8-12/h4,7,11-12H,2-3,5-6,8H2,1H3. The number of hydrogen-bond donors (Lipinski definition) is 2. The van der Waals surface area contributed by atoms with E-state index >= 15 is 0 Å². The highest BCUT2D eigenvalue weighted by Crippen LogP contribution is 2.21. The van der Waals surface area contributed by atoms with Gasteiger partial charge >= 0.3 is 0 Å². The second kappa shape index (κ2) is 7.07. The van der Waals surface area contributed by atoms with Gasteiger partial charge < -0.3 is 9.84 Å². The molecule has 5 nitrogen and oxygen atoms in total. The number of sulfonamides is 1. The third-order valence-corrected chi connectivity index (χ3v) is 4.79. The van der Waals surface area contributed by atoms with Gasteiger partial charge in [-0.2, -0.15) is 0 Å². The number of unbranched alkanes of at least 4 members (excludes halogenated alkanes) is 1. The lowest BCUT2D eigenvalue weighted by Gasteiger charge is -2.06. The highest BCUT2D eigenvalue weighted by atomic mass is 32.2. The van der Waals surface area contributed by atoms with Crippen LogP contribution in [0.4, 0.5) is 0 Å². The van der Waals surface area contributed by atoms with Gasteiger partial charge in [0.2, 0.25) is 10.0 Å². The smallest absolute Gasteiger partial charge is 0.241 e. The first-order chi connectivity index (χ1) is 8.11. The fourth-order valence-corrected chi connectivity index (χ4v) is 3.71. The van der Waals surface area contributed by atoms with Crippen molar-refractivity contribution in [3.8, 4) is 0 Å². The monoisotopic (exact) mass is 279 g/mol. The first-order valence-electron chi connectivity index (χ1n) is 5.27. The molecule has 98 valence electrons. The Morgan fingerprint density at radius 2 is 2.24 bits per heavy atom. The maximum absolute atomic E-state index is 11.9. The van der Waals surface area contributed by atoms with E-state index in [-0.39, 0.29) is 11.5 Å². The Balaban J connectivity index is 2.51. The fourth-order valence-electron chi connectivity index (χ4n) is 1.34. The summed E-state index contributed by atoms with van der Waals surface area (Å²) < 4.78 is 31.1. The molecule has 0 aromatic carbocycles. The molecule has 0 amide bonds. The van der Waals surface area contributed by atoms with Crippen molar-refractivity contribution >= 4 is 21.4 Å². The molecule has 0 fully saturated rings. The molecular weight excluding hydrogens is 262 g/mol. The minimum Gasteiger partial charge on any atom is -0.391 e. The maximum Gasteiger partial charge on any atom is 0.241 e. The van der Waals surface area contributed by atoms with E-state index in [0.29, 0.717) is 18.0 Å². The third kappa shape index (κ3) is 4.36. The van der Waals surface area contributed by atoms with Crippen LogP contribution in [0.25, 0.3) is 0 Å². The number of methoxy groups -OCH3 is 1. The molecule has 0 saturated heterocycles. The van der Waals surface area contributed by atoms with Crippen molar-refractivity contribution < 1.29 is 18.3 Å². The minimum atomic E-state index is -3.49. The molecule has 0 unspecified atom stereocenters. The van der Waals surface area contributed by atoms with Gasteiger partial charge in [-0.3, -0.25) is 0 Å². The maximum atomic E-state index is 11.9. The van der Waals surface area contributed by atoms with Gasteiger partial charge in [-0.1, -0.05) is 0 Å². The molecule has 1 rings (SSSR count). The van der Waals surface area contributed by atoms with E-state index in [9.17, 15) is 8.42 Å². The molecule has 17 heavy (non-hydrogen) atoms. The van der Waals surface area contributed by atoms with Crippen LogP contribution in [0.15, 0.2) is 16.3 Å². The minimum absolute atomic E-state index is 0.178. The Labute approximate surface area is 105 Å². The summed E-state index contributed by atoms with van der Waals surface area (Å²) in [5.74, 6) is 0. The average molecular weight is 279 g/mol. The highest BCUT2D eigenvalue weighted by Gasteiger charge is 2.18. The van der Waals surface area contributed by atoms with E-state index in [1.807, 2.05) is 0 Å². The number of rotatable bonds is 8. The second-order valence-corrected chi connectivity index (χ2v) is 6.20. The quantitative estimate of drug-likeness (QED) is 0.695. The van der Waals surface area contributed by atoms with Crippen LogP contribution in [0.1, 0.15) is 17.7 Å². The summed E-state index contributed by atoms with van der Waals surface area (Å²) in [6.45, 7) is 0.756. The first kappa shape index (κ1) is 14.6. The van der Waals surface area contributed by atoms with Gasteiger partial charge in [0.05, 0.1) is 11.5 Å². The van der Waals surface area contributed by atoms with Crippen LogP contribution < -0.4 is 4.72 Å². The Bertz CT molecular complexity index is 427. The van der Waals surface area contributed by atoms with Gasteiger partial charge in [-0.05, 0) is 24.3 Å². The van der Waals surface area contributed by atoms with Gasteiger partial charge in [0.25, 0.3) is 0 Å². The second-order valence-electron chi connectivity index (χ2n) is 3.46.